The van der Waals surface area contributed by atoms with E-state index in [0.29, 0.717) is 21.1 Å². The number of nitrogens with one attached hydrogen (secondary N) is 1. The normalized spacial score (nSPS) is 10.9. The van der Waals surface area contributed by atoms with Crippen LogP contribution in [-0.4, -0.2) is 31.0 Å². The maximum atomic E-state index is 13.7. The van der Waals surface area contributed by atoms with Gasteiger partial charge < -0.3 is 15.8 Å². The van der Waals surface area contributed by atoms with Gasteiger partial charge in [-0.25, -0.2) is 24.1 Å². The lowest BCUT2D eigenvalue weighted by atomic mass is 10.2. The minimum Gasteiger partial charge on any atom is -0.478 e. The van der Waals surface area contributed by atoms with Gasteiger partial charge in [0.05, 0.1) is 11.9 Å². The van der Waals surface area contributed by atoms with Crippen LogP contribution in [0.3, 0.4) is 0 Å². The summed E-state index contributed by atoms with van der Waals surface area (Å²) in [7, 11) is 0. The molecule has 4 N–H and O–H groups in total. The van der Waals surface area contributed by atoms with Crippen LogP contribution in [0, 0.1) is 5.82 Å². The third kappa shape index (κ3) is 2.38. The van der Waals surface area contributed by atoms with E-state index in [9.17, 15) is 9.18 Å². The maximum Gasteiger partial charge on any atom is 0.338 e. The fraction of sp³-hybridized carbons (Fsp3) is 0. The van der Waals surface area contributed by atoms with Crippen molar-refractivity contribution < 1.29 is 14.3 Å². The lowest BCUT2D eigenvalue weighted by molar-refractivity contribution is 0.0692. The highest BCUT2D eigenvalue weighted by atomic mass is 32.2. The summed E-state index contributed by atoms with van der Waals surface area (Å²) < 4.78 is 13.7. The van der Waals surface area contributed by atoms with Crippen LogP contribution in [0.4, 0.5) is 10.1 Å². The summed E-state index contributed by atoms with van der Waals surface area (Å²) in [6.45, 7) is 0. The van der Waals surface area contributed by atoms with Gasteiger partial charge in [0, 0.05) is 10.6 Å². The van der Waals surface area contributed by atoms with E-state index in [1.54, 1.807) is 0 Å². The number of anilines is 1. The molecule has 0 radical (unpaired) electrons. The van der Waals surface area contributed by atoms with Gasteiger partial charge in [-0.2, -0.15) is 0 Å². The monoisotopic (exact) mass is 305 g/mol. The van der Waals surface area contributed by atoms with Crippen LogP contribution in [0.1, 0.15) is 10.4 Å². The Hall–Kier alpha value is -2.68. The Morgan fingerprint density at radius 2 is 2.14 bits per heavy atom. The highest BCUT2D eigenvalue weighted by molar-refractivity contribution is 7.99. The first-order valence-corrected chi connectivity index (χ1v) is 6.52. The molecule has 21 heavy (non-hydrogen) atoms. The fourth-order valence-electron chi connectivity index (χ4n) is 1.75. The smallest absolute Gasteiger partial charge is 0.338 e. The topological polar surface area (TPSA) is 118 Å². The van der Waals surface area contributed by atoms with Gasteiger partial charge in [0.25, 0.3) is 0 Å². The van der Waals surface area contributed by atoms with Gasteiger partial charge in [0.15, 0.2) is 5.65 Å². The van der Waals surface area contributed by atoms with Crippen LogP contribution >= 0.6 is 11.8 Å². The second kappa shape index (κ2) is 5.02. The van der Waals surface area contributed by atoms with Crippen molar-refractivity contribution >= 4 is 34.6 Å². The van der Waals surface area contributed by atoms with Crippen LogP contribution in [-0.2, 0) is 0 Å². The van der Waals surface area contributed by atoms with E-state index in [1.807, 2.05) is 0 Å². The average Bonchev–Trinajstić information content (AvgIpc) is 2.91. The summed E-state index contributed by atoms with van der Waals surface area (Å²) in [6.07, 6.45) is 2.81. The molecule has 0 atom stereocenters. The molecule has 0 bridgehead atoms. The molecule has 1 aromatic carbocycles. The van der Waals surface area contributed by atoms with E-state index >= 15 is 0 Å². The van der Waals surface area contributed by atoms with Crippen molar-refractivity contribution in [1.29, 1.82) is 0 Å². The number of halogens is 1. The minimum atomic E-state index is -1.37. The number of carboxylic acids is 1. The molecule has 0 spiro atoms. The molecule has 2 aromatic heterocycles. The van der Waals surface area contributed by atoms with Gasteiger partial charge >= 0.3 is 5.97 Å². The molecule has 9 heteroatoms. The number of rotatable bonds is 3. The van der Waals surface area contributed by atoms with Crippen molar-refractivity contribution in [3.63, 3.8) is 0 Å². The SMILES string of the molecule is Nc1cc(C(=O)O)c(F)cc1Sc1ncnc2nc[nH]c12. The molecule has 2 heterocycles. The van der Waals surface area contributed by atoms with Crippen molar-refractivity contribution in [1.82, 2.24) is 19.9 Å². The summed E-state index contributed by atoms with van der Waals surface area (Å²) in [4.78, 5) is 26.2. The van der Waals surface area contributed by atoms with E-state index in [-0.39, 0.29) is 5.69 Å². The predicted molar refractivity (Wildman–Crippen MR) is 73.6 cm³/mol. The van der Waals surface area contributed by atoms with Crippen molar-refractivity contribution in [2.45, 2.75) is 9.92 Å². The van der Waals surface area contributed by atoms with E-state index in [2.05, 4.69) is 19.9 Å². The van der Waals surface area contributed by atoms with Gasteiger partial charge in [-0.05, 0) is 12.1 Å². The number of aromatic nitrogens is 4. The average molecular weight is 305 g/mol. The molecule has 0 aliphatic heterocycles. The third-order valence-corrected chi connectivity index (χ3v) is 3.80. The number of hydrogen-bond donors (Lipinski definition) is 3. The van der Waals surface area contributed by atoms with E-state index in [1.165, 1.54) is 12.7 Å². The molecule has 3 aromatic rings. The molecule has 0 saturated carbocycles. The highest BCUT2D eigenvalue weighted by Gasteiger charge is 2.16. The Labute approximate surface area is 121 Å². The zero-order valence-electron chi connectivity index (χ0n) is 10.4. The van der Waals surface area contributed by atoms with Crippen LogP contribution in [0.2, 0.25) is 0 Å². The number of carbonyl (C=O) groups is 1. The van der Waals surface area contributed by atoms with Gasteiger partial charge in [0.1, 0.15) is 22.7 Å². The van der Waals surface area contributed by atoms with Crippen molar-refractivity contribution in [3.05, 3.63) is 36.2 Å². The third-order valence-electron chi connectivity index (χ3n) is 2.72. The molecular formula is C12H8FN5O2S. The number of H-pyrrole nitrogens is 1. The number of hydrogen-bond acceptors (Lipinski definition) is 6. The number of benzene rings is 1. The Kier molecular flexibility index (Phi) is 3.18. The van der Waals surface area contributed by atoms with Crippen molar-refractivity contribution in [2.75, 3.05) is 5.73 Å². The number of nitrogens with zero attached hydrogens (tertiary/aromatic N) is 3. The second-order valence-electron chi connectivity index (χ2n) is 4.06. The van der Waals surface area contributed by atoms with Crippen LogP contribution in [0.15, 0.2) is 34.7 Å². The molecule has 106 valence electrons. The Bertz CT molecular complexity index is 851. The Morgan fingerprint density at radius 3 is 2.90 bits per heavy atom. The summed E-state index contributed by atoms with van der Waals surface area (Å²) in [6, 6.07) is 2.17. The number of fused-ring (bicyclic) bond motifs is 1. The maximum absolute atomic E-state index is 13.7. The summed E-state index contributed by atoms with van der Waals surface area (Å²) >= 11 is 1.10. The van der Waals surface area contributed by atoms with Gasteiger partial charge in [-0.3, -0.25) is 0 Å². The summed E-state index contributed by atoms with van der Waals surface area (Å²) in [5.74, 6) is -2.22. The minimum absolute atomic E-state index is 0.157. The van der Waals surface area contributed by atoms with E-state index in [0.717, 1.165) is 23.9 Å². The molecule has 0 amide bonds. The molecule has 3 rings (SSSR count). The molecule has 0 aliphatic carbocycles. The lowest BCUT2D eigenvalue weighted by Gasteiger charge is -2.07. The fourth-order valence-corrected chi connectivity index (χ4v) is 2.65. The van der Waals surface area contributed by atoms with E-state index < -0.39 is 17.3 Å². The summed E-state index contributed by atoms with van der Waals surface area (Å²) in [5.41, 5.74) is 6.55. The first-order valence-electron chi connectivity index (χ1n) is 5.70. The van der Waals surface area contributed by atoms with Crippen LogP contribution in [0.5, 0.6) is 0 Å². The van der Waals surface area contributed by atoms with Crippen LogP contribution in [0.25, 0.3) is 11.2 Å². The molecular weight excluding hydrogens is 297 g/mol. The molecule has 0 fully saturated rings. The zero-order chi connectivity index (χ0) is 15.0. The quantitative estimate of drug-likeness (QED) is 0.499. The number of nitrogens with two attached hydrogens (primary N) is 1. The number of aromatic carboxylic acids is 1. The number of aromatic amines is 1. The standard InChI is InChI=1S/C12H8FN5O2S/c13-6-2-8(7(14)1-5(6)12(19)20)21-11-9-10(16-3-15-9)17-4-18-11/h1-4H,14H2,(H,19,20)(H,15,16,17,18). The lowest BCUT2D eigenvalue weighted by Crippen LogP contribution is -2.03. The Morgan fingerprint density at radius 1 is 1.33 bits per heavy atom. The van der Waals surface area contributed by atoms with Gasteiger partial charge in [-0.15, -0.1) is 0 Å². The molecule has 0 unspecified atom stereocenters. The van der Waals surface area contributed by atoms with Crippen molar-refractivity contribution in [2.24, 2.45) is 0 Å². The first-order chi connectivity index (χ1) is 10.1. The Balaban J connectivity index is 2.04. The van der Waals surface area contributed by atoms with Crippen molar-refractivity contribution in [3.8, 4) is 0 Å². The second-order valence-corrected chi connectivity index (χ2v) is 5.09. The number of carboxylic acid groups (broad SMARTS) is 1. The van der Waals surface area contributed by atoms with Crippen LogP contribution < -0.4 is 5.73 Å². The first kappa shape index (κ1) is 13.3. The number of imidazole rings is 1. The highest BCUT2D eigenvalue weighted by Crippen LogP contribution is 2.34. The zero-order valence-corrected chi connectivity index (χ0v) is 11.2. The number of nitrogen functional groups attached to an aromatic ring is 1. The van der Waals surface area contributed by atoms with Gasteiger partial charge in [0.2, 0.25) is 0 Å². The molecule has 0 aliphatic rings. The van der Waals surface area contributed by atoms with E-state index in [4.69, 9.17) is 10.8 Å². The summed E-state index contributed by atoms with van der Waals surface area (Å²) in [5, 5.41) is 9.37. The van der Waals surface area contributed by atoms with Gasteiger partial charge in [-0.1, -0.05) is 11.8 Å². The largest absolute Gasteiger partial charge is 0.478 e. The molecule has 0 saturated heterocycles. The molecule has 7 nitrogen and oxygen atoms in total. The predicted octanol–water partition coefficient (Wildman–Crippen LogP) is 1.92.